The van der Waals surface area contributed by atoms with Crippen molar-refractivity contribution in [1.29, 1.82) is 0 Å². The molecular weight excluding hydrogens is 716 g/mol. The molecule has 2 aliphatic rings. The number of halogens is 4. The van der Waals surface area contributed by atoms with Crippen LogP contribution in [0.5, 0.6) is 0 Å². The second kappa shape index (κ2) is 17.6. The molecule has 0 unspecified atom stereocenters. The van der Waals surface area contributed by atoms with Gasteiger partial charge in [0.25, 0.3) is 0 Å². The second-order valence-corrected chi connectivity index (χ2v) is 14.0. The molecule has 4 aromatic carbocycles. The van der Waals surface area contributed by atoms with Gasteiger partial charge in [-0.05, 0) is 120 Å². The molecule has 0 aromatic heterocycles. The van der Waals surface area contributed by atoms with E-state index in [0.717, 1.165) is 0 Å². The van der Waals surface area contributed by atoms with Gasteiger partial charge in [0.1, 0.15) is 34.5 Å². The number of ether oxygens (including phenoxy) is 3. The molecule has 0 fully saturated rings. The van der Waals surface area contributed by atoms with E-state index in [-0.39, 0.29) is 25.7 Å². The van der Waals surface area contributed by atoms with E-state index in [1.165, 1.54) is 72.8 Å². The molecular formula is C44H42F4O7. The largest absolute Gasteiger partial charge is 0.455 e. The number of hydrogen-bond donors (Lipinski definition) is 2. The van der Waals surface area contributed by atoms with Crippen LogP contribution < -0.4 is 0 Å². The number of carbonyl (C=O) groups excluding carboxylic acids is 2. The zero-order valence-corrected chi connectivity index (χ0v) is 30.1. The van der Waals surface area contributed by atoms with Gasteiger partial charge in [0.05, 0.1) is 0 Å². The van der Waals surface area contributed by atoms with Gasteiger partial charge in [0, 0.05) is 38.9 Å². The minimum absolute atomic E-state index is 0.0771. The van der Waals surface area contributed by atoms with Gasteiger partial charge in [-0.2, -0.15) is 0 Å². The summed E-state index contributed by atoms with van der Waals surface area (Å²) in [6, 6.07) is 22.3. The third-order valence-corrected chi connectivity index (χ3v) is 10.0. The molecule has 0 spiro atoms. The van der Waals surface area contributed by atoms with Gasteiger partial charge in [-0.15, -0.1) is 0 Å². The lowest BCUT2D eigenvalue weighted by molar-refractivity contribution is -0.159. The number of unbranched alkanes of at least 4 members (excludes halogenated alkanes) is 2. The standard InChI is InChI=1S/C44H42F4O7/c45-35-15-7-29(8-16-35)31-25-39(43(51,27-31)33-11-19-37(47)20-12-33)54-41(49)5-1-3-23-53-24-4-2-6-42(50)55-40-26-32(30-9-17-36(46)18-10-30)28-44(40,52)34-13-21-38(48)22-14-34/h7-22,25-26,39-40,51-52H,1-6,23-24,27-28H2/t39-,40-,43-,44-/m1/s1. The van der Waals surface area contributed by atoms with Gasteiger partial charge >= 0.3 is 11.9 Å². The monoisotopic (exact) mass is 758 g/mol. The third kappa shape index (κ3) is 9.77. The lowest BCUT2D eigenvalue weighted by Gasteiger charge is -2.30. The highest BCUT2D eigenvalue weighted by molar-refractivity contribution is 5.75. The zero-order chi connectivity index (χ0) is 39.0. The number of esters is 2. The number of aliphatic hydroxyl groups is 2. The first-order valence-corrected chi connectivity index (χ1v) is 18.3. The SMILES string of the molecule is O=C(CCCCOCCCCC(=O)O[C@@H]1C=C(c2ccc(F)cc2)C[C@@]1(O)c1ccc(F)cc1)O[C@@H]1C=C(c2ccc(F)cc2)C[C@@]1(O)c1ccc(F)cc1. The van der Waals surface area contributed by atoms with E-state index in [4.69, 9.17) is 14.2 Å². The van der Waals surface area contributed by atoms with Crippen molar-refractivity contribution in [3.05, 3.63) is 155 Å². The summed E-state index contributed by atoms with van der Waals surface area (Å²) in [6.45, 7) is 0.748. The quantitative estimate of drug-likeness (QED) is 0.0672. The first-order valence-electron chi connectivity index (χ1n) is 18.3. The first kappa shape index (κ1) is 39.6. The van der Waals surface area contributed by atoms with Gasteiger partial charge in [-0.25, -0.2) is 17.6 Å². The number of carbonyl (C=O) groups is 2. The van der Waals surface area contributed by atoms with Crippen LogP contribution in [-0.2, 0) is 35.0 Å². The lowest BCUT2D eigenvalue weighted by atomic mass is 9.87. The Kier molecular flexibility index (Phi) is 12.7. The molecule has 0 saturated carbocycles. The van der Waals surface area contributed by atoms with E-state index in [1.54, 1.807) is 36.4 Å². The molecule has 0 radical (unpaired) electrons. The highest BCUT2D eigenvalue weighted by Gasteiger charge is 2.47. The van der Waals surface area contributed by atoms with Crippen molar-refractivity contribution in [3.8, 4) is 0 Å². The second-order valence-electron chi connectivity index (χ2n) is 14.0. The van der Waals surface area contributed by atoms with E-state index >= 15 is 0 Å². The van der Waals surface area contributed by atoms with E-state index in [9.17, 15) is 37.4 Å². The maximum absolute atomic E-state index is 13.7. The predicted molar refractivity (Wildman–Crippen MR) is 197 cm³/mol. The normalized spacial score (nSPS) is 21.9. The number of benzene rings is 4. The molecule has 6 rings (SSSR count). The van der Waals surface area contributed by atoms with E-state index < -0.39 is 58.6 Å². The van der Waals surface area contributed by atoms with Crippen molar-refractivity contribution >= 4 is 23.1 Å². The van der Waals surface area contributed by atoms with E-state index in [0.29, 0.717) is 72.3 Å². The molecule has 7 nitrogen and oxygen atoms in total. The van der Waals surface area contributed by atoms with Crippen LogP contribution in [0.1, 0.15) is 73.6 Å². The van der Waals surface area contributed by atoms with Crippen molar-refractivity contribution in [2.75, 3.05) is 13.2 Å². The Hall–Kier alpha value is -5.10. The lowest BCUT2D eigenvalue weighted by Crippen LogP contribution is -2.38. The molecule has 2 aliphatic carbocycles. The predicted octanol–water partition coefficient (Wildman–Crippen LogP) is 8.47. The van der Waals surface area contributed by atoms with Gasteiger partial charge in [0.15, 0.2) is 12.2 Å². The number of rotatable bonds is 16. The summed E-state index contributed by atoms with van der Waals surface area (Å²) < 4.78 is 71.5. The molecule has 0 amide bonds. The Balaban J connectivity index is 0.923. The summed E-state index contributed by atoms with van der Waals surface area (Å²) in [5.74, 6) is -2.78. The highest BCUT2D eigenvalue weighted by Crippen LogP contribution is 2.45. The molecule has 0 heterocycles. The zero-order valence-electron chi connectivity index (χ0n) is 30.1. The van der Waals surface area contributed by atoms with Crippen LogP contribution >= 0.6 is 0 Å². The minimum atomic E-state index is -1.63. The molecule has 2 N–H and O–H groups in total. The number of hydrogen-bond acceptors (Lipinski definition) is 7. The molecule has 4 aromatic rings. The Labute approximate surface area is 316 Å². The van der Waals surface area contributed by atoms with Crippen molar-refractivity contribution in [2.45, 2.75) is 74.8 Å². The van der Waals surface area contributed by atoms with Gasteiger partial charge in [0.2, 0.25) is 0 Å². The minimum Gasteiger partial charge on any atom is -0.455 e. The van der Waals surface area contributed by atoms with Crippen molar-refractivity contribution in [1.82, 2.24) is 0 Å². The Bertz CT molecular complexity index is 1850. The highest BCUT2D eigenvalue weighted by atomic mass is 19.1. The fraction of sp³-hybridized carbons (Fsp3) is 0.318. The Morgan fingerprint density at radius 1 is 0.527 bits per heavy atom. The van der Waals surface area contributed by atoms with E-state index in [2.05, 4.69) is 0 Å². The van der Waals surface area contributed by atoms with Crippen LogP contribution in [0.3, 0.4) is 0 Å². The molecule has 0 aliphatic heterocycles. The van der Waals surface area contributed by atoms with Gasteiger partial charge in [-0.1, -0.05) is 48.5 Å². The van der Waals surface area contributed by atoms with Crippen molar-refractivity contribution < 1.29 is 51.6 Å². The summed E-state index contributed by atoms with van der Waals surface area (Å²) in [4.78, 5) is 25.7. The molecule has 0 bridgehead atoms. The van der Waals surface area contributed by atoms with Crippen LogP contribution in [0.25, 0.3) is 11.1 Å². The van der Waals surface area contributed by atoms with Crippen LogP contribution in [0.15, 0.2) is 109 Å². The van der Waals surface area contributed by atoms with Crippen LogP contribution in [0, 0.1) is 23.3 Å². The average Bonchev–Trinajstić information content (AvgIpc) is 3.68. The first-order chi connectivity index (χ1) is 26.4. The van der Waals surface area contributed by atoms with Gasteiger partial charge in [-0.3, -0.25) is 9.59 Å². The molecule has 4 atom stereocenters. The molecule has 11 heteroatoms. The summed E-state index contributed by atoms with van der Waals surface area (Å²) in [5.41, 5.74) is 0.200. The molecule has 55 heavy (non-hydrogen) atoms. The van der Waals surface area contributed by atoms with Crippen molar-refractivity contribution in [2.24, 2.45) is 0 Å². The third-order valence-electron chi connectivity index (χ3n) is 10.0. The summed E-state index contributed by atoms with van der Waals surface area (Å²) in [7, 11) is 0. The maximum Gasteiger partial charge on any atom is 0.306 e. The van der Waals surface area contributed by atoms with E-state index in [1.807, 2.05) is 0 Å². The van der Waals surface area contributed by atoms with Crippen LogP contribution in [-0.4, -0.2) is 47.6 Å². The summed E-state index contributed by atoms with van der Waals surface area (Å²) in [5, 5.41) is 23.4. The summed E-state index contributed by atoms with van der Waals surface area (Å²) in [6.07, 6.45) is 3.61. The van der Waals surface area contributed by atoms with Crippen molar-refractivity contribution in [3.63, 3.8) is 0 Å². The fourth-order valence-electron chi connectivity index (χ4n) is 6.99. The maximum atomic E-state index is 13.7. The Morgan fingerprint density at radius 2 is 0.855 bits per heavy atom. The van der Waals surface area contributed by atoms with Crippen LogP contribution in [0.4, 0.5) is 17.6 Å². The average molecular weight is 759 g/mol. The van der Waals surface area contributed by atoms with Gasteiger partial charge < -0.3 is 24.4 Å². The Morgan fingerprint density at radius 3 is 1.20 bits per heavy atom. The fourth-order valence-corrected chi connectivity index (χ4v) is 6.99. The topological polar surface area (TPSA) is 102 Å². The molecule has 288 valence electrons. The van der Waals surface area contributed by atoms with Crippen LogP contribution in [0.2, 0.25) is 0 Å². The molecule has 0 saturated heterocycles. The smallest absolute Gasteiger partial charge is 0.306 e. The summed E-state index contributed by atoms with van der Waals surface area (Å²) >= 11 is 0.